The van der Waals surface area contributed by atoms with Gasteiger partial charge in [0.2, 0.25) is 5.91 Å². The van der Waals surface area contributed by atoms with E-state index in [-0.39, 0.29) is 18.0 Å². The highest BCUT2D eigenvalue weighted by molar-refractivity contribution is 6.30. The quantitative estimate of drug-likeness (QED) is 0.890. The van der Waals surface area contributed by atoms with E-state index in [2.05, 4.69) is 10.6 Å². The summed E-state index contributed by atoms with van der Waals surface area (Å²) in [5, 5.41) is 7.08. The SMILES string of the molecule is CC(Cc1cccc(Cl)c1)NC(=O)[C@H]1CCCCN1. The van der Waals surface area contributed by atoms with Crippen molar-refractivity contribution in [3.05, 3.63) is 34.9 Å². The molecular weight excluding hydrogens is 260 g/mol. The lowest BCUT2D eigenvalue weighted by molar-refractivity contribution is -0.124. The Morgan fingerprint density at radius 3 is 3.05 bits per heavy atom. The summed E-state index contributed by atoms with van der Waals surface area (Å²) in [6.07, 6.45) is 4.05. The standard InChI is InChI=1S/C15H21ClN2O/c1-11(9-12-5-4-6-13(16)10-12)18-15(19)14-7-2-3-8-17-14/h4-6,10-11,14,17H,2-3,7-9H2,1H3,(H,18,19)/t11?,14-/m1/s1. The molecule has 1 aromatic carbocycles. The highest BCUT2D eigenvalue weighted by Crippen LogP contribution is 2.13. The number of hydrogen-bond donors (Lipinski definition) is 2. The predicted octanol–water partition coefficient (Wildman–Crippen LogP) is 2.53. The normalized spacial score (nSPS) is 20.8. The van der Waals surface area contributed by atoms with Crippen LogP contribution in [0.15, 0.2) is 24.3 Å². The van der Waals surface area contributed by atoms with E-state index < -0.39 is 0 Å². The van der Waals surface area contributed by atoms with Gasteiger partial charge in [0, 0.05) is 11.1 Å². The minimum atomic E-state index is -0.0180. The number of halogens is 1. The van der Waals surface area contributed by atoms with Crippen LogP contribution in [-0.4, -0.2) is 24.5 Å². The molecule has 0 saturated carbocycles. The Balaban J connectivity index is 1.83. The van der Waals surface area contributed by atoms with Crippen molar-refractivity contribution in [3.8, 4) is 0 Å². The maximum atomic E-state index is 12.1. The second-order valence-corrected chi connectivity index (χ2v) is 5.68. The first-order valence-corrected chi connectivity index (χ1v) is 7.31. The Labute approximate surface area is 119 Å². The molecule has 1 heterocycles. The van der Waals surface area contributed by atoms with Crippen molar-refractivity contribution in [2.24, 2.45) is 0 Å². The van der Waals surface area contributed by atoms with Gasteiger partial charge in [0.05, 0.1) is 6.04 Å². The lowest BCUT2D eigenvalue weighted by Crippen LogP contribution is -2.49. The summed E-state index contributed by atoms with van der Waals surface area (Å²) in [5.41, 5.74) is 1.15. The zero-order valence-corrected chi connectivity index (χ0v) is 12.0. The van der Waals surface area contributed by atoms with Gasteiger partial charge >= 0.3 is 0 Å². The molecule has 0 radical (unpaired) electrons. The van der Waals surface area contributed by atoms with E-state index in [0.29, 0.717) is 0 Å². The lowest BCUT2D eigenvalue weighted by Gasteiger charge is -2.24. The van der Waals surface area contributed by atoms with Crippen LogP contribution in [0.3, 0.4) is 0 Å². The third-order valence-corrected chi connectivity index (χ3v) is 3.68. The highest BCUT2D eigenvalue weighted by Gasteiger charge is 2.21. The number of nitrogens with one attached hydrogen (secondary N) is 2. The molecule has 0 aliphatic carbocycles. The number of benzene rings is 1. The predicted molar refractivity (Wildman–Crippen MR) is 78.4 cm³/mol. The molecule has 0 spiro atoms. The Morgan fingerprint density at radius 2 is 2.37 bits per heavy atom. The van der Waals surface area contributed by atoms with Crippen molar-refractivity contribution in [3.63, 3.8) is 0 Å². The second kappa shape index (κ2) is 6.92. The molecule has 2 N–H and O–H groups in total. The first kappa shape index (κ1) is 14.4. The van der Waals surface area contributed by atoms with Gasteiger partial charge in [0.25, 0.3) is 0 Å². The van der Waals surface area contributed by atoms with Gasteiger partial charge in [-0.1, -0.05) is 30.2 Å². The number of carbonyl (C=O) groups excluding carboxylic acids is 1. The average molecular weight is 281 g/mol. The van der Waals surface area contributed by atoms with E-state index in [1.54, 1.807) is 0 Å². The van der Waals surface area contributed by atoms with Gasteiger partial charge in [-0.15, -0.1) is 0 Å². The Hall–Kier alpha value is -1.06. The van der Waals surface area contributed by atoms with Gasteiger partial charge in [0.15, 0.2) is 0 Å². The number of amides is 1. The first-order valence-electron chi connectivity index (χ1n) is 6.93. The van der Waals surface area contributed by atoms with Crippen molar-refractivity contribution in [1.82, 2.24) is 10.6 Å². The smallest absolute Gasteiger partial charge is 0.237 e. The molecule has 19 heavy (non-hydrogen) atoms. The molecule has 2 atom stereocenters. The van der Waals surface area contributed by atoms with Crippen LogP contribution in [0.25, 0.3) is 0 Å². The number of rotatable bonds is 4. The first-order chi connectivity index (χ1) is 9.15. The van der Waals surface area contributed by atoms with E-state index in [4.69, 9.17) is 11.6 Å². The van der Waals surface area contributed by atoms with Gasteiger partial charge < -0.3 is 10.6 Å². The third kappa shape index (κ3) is 4.51. The Bertz CT molecular complexity index is 430. The monoisotopic (exact) mass is 280 g/mol. The molecule has 0 bridgehead atoms. The fourth-order valence-corrected chi connectivity index (χ4v) is 2.70. The van der Waals surface area contributed by atoms with E-state index in [0.717, 1.165) is 36.4 Å². The van der Waals surface area contributed by atoms with Crippen molar-refractivity contribution in [1.29, 1.82) is 0 Å². The molecule has 1 fully saturated rings. The third-order valence-electron chi connectivity index (χ3n) is 3.45. The molecule has 1 aliphatic heterocycles. The molecule has 4 heteroatoms. The summed E-state index contributed by atoms with van der Waals surface area (Å²) in [6, 6.07) is 7.89. The van der Waals surface area contributed by atoms with Crippen LogP contribution in [0, 0.1) is 0 Å². The van der Waals surface area contributed by atoms with Crippen molar-refractivity contribution >= 4 is 17.5 Å². The summed E-state index contributed by atoms with van der Waals surface area (Å²) in [7, 11) is 0. The maximum Gasteiger partial charge on any atom is 0.237 e. The van der Waals surface area contributed by atoms with E-state index in [9.17, 15) is 4.79 Å². The molecule has 2 rings (SSSR count). The fraction of sp³-hybridized carbons (Fsp3) is 0.533. The Morgan fingerprint density at radius 1 is 1.53 bits per heavy atom. The van der Waals surface area contributed by atoms with E-state index in [1.807, 2.05) is 31.2 Å². The van der Waals surface area contributed by atoms with Crippen LogP contribution >= 0.6 is 11.6 Å². The van der Waals surface area contributed by atoms with Crippen molar-refractivity contribution in [2.45, 2.75) is 44.7 Å². The van der Waals surface area contributed by atoms with Crippen LogP contribution in [0.5, 0.6) is 0 Å². The highest BCUT2D eigenvalue weighted by atomic mass is 35.5. The van der Waals surface area contributed by atoms with Gasteiger partial charge in [0.1, 0.15) is 0 Å². The molecule has 1 saturated heterocycles. The number of piperidine rings is 1. The average Bonchev–Trinajstić information content (AvgIpc) is 2.39. The van der Waals surface area contributed by atoms with Crippen LogP contribution in [-0.2, 0) is 11.2 Å². The number of carbonyl (C=O) groups is 1. The minimum absolute atomic E-state index is 0.0180. The summed E-state index contributed by atoms with van der Waals surface area (Å²) >= 11 is 5.96. The van der Waals surface area contributed by atoms with Gasteiger partial charge in [-0.2, -0.15) is 0 Å². The zero-order valence-electron chi connectivity index (χ0n) is 11.3. The van der Waals surface area contributed by atoms with Gasteiger partial charge in [-0.05, 0) is 50.4 Å². The lowest BCUT2D eigenvalue weighted by atomic mass is 10.0. The Kier molecular flexibility index (Phi) is 5.23. The topological polar surface area (TPSA) is 41.1 Å². The van der Waals surface area contributed by atoms with Gasteiger partial charge in [-0.3, -0.25) is 4.79 Å². The number of hydrogen-bond acceptors (Lipinski definition) is 2. The van der Waals surface area contributed by atoms with Crippen molar-refractivity contribution < 1.29 is 4.79 Å². The summed E-state index contributed by atoms with van der Waals surface area (Å²) in [5.74, 6) is 0.120. The minimum Gasteiger partial charge on any atom is -0.352 e. The summed E-state index contributed by atoms with van der Waals surface area (Å²) < 4.78 is 0. The second-order valence-electron chi connectivity index (χ2n) is 5.25. The van der Waals surface area contributed by atoms with Crippen molar-refractivity contribution in [2.75, 3.05) is 6.54 Å². The molecule has 0 aromatic heterocycles. The fourth-order valence-electron chi connectivity index (χ4n) is 2.49. The van der Waals surface area contributed by atoms with E-state index >= 15 is 0 Å². The maximum absolute atomic E-state index is 12.1. The summed E-state index contributed by atoms with van der Waals surface area (Å²) in [6.45, 7) is 2.97. The molecule has 3 nitrogen and oxygen atoms in total. The molecule has 104 valence electrons. The largest absolute Gasteiger partial charge is 0.352 e. The molecule has 1 unspecified atom stereocenters. The molecule has 1 aliphatic rings. The molecular formula is C15H21ClN2O. The molecule has 1 aromatic rings. The summed E-state index contributed by atoms with van der Waals surface area (Å²) in [4.78, 5) is 12.1. The zero-order chi connectivity index (χ0) is 13.7. The van der Waals surface area contributed by atoms with Crippen LogP contribution in [0.2, 0.25) is 5.02 Å². The van der Waals surface area contributed by atoms with Gasteiger partial charge in [-0.25, -0.2) is 0 Å². The van der Waals surface area contributed by atoms with E-state index in [1.165, 1.54) is 6.42 Å². The van der Waals surface area contributed by atoms with Crippen LogP contribution in [0.4, 0.5) is 0 Å². The molecule has 1 amide bonds. The van der Waals surface area contributed by atoms with Crippen LogP contribution < -0.4 is 10.6 Å². The van der Waals surface area contributed by atoms with Crippen LogP contribution in [0.1, 0.15) is 31.7 Å².